The van der Waals surface area contributed by atoms with E-state index in [1.165, 1.54) is 9.80 Å². The third-order valence-corrected chi connectivity index (χ3v) is 6.72. The highest BCUT2D eigenvalue weighted by molar-refractivity contribution is 6.09. The van der Waals surface area contributed by atoms with Gasteiger partial charge in [0.1, 0.15) is 5.54 Å². The summed E-state index contributed by atoms with van der Waals surface area (Å²) in [6.07, 6.45) is 3.37. The van der Waals surface area contributed by atoms with Gasteiger partial charge in [-0.3, -0.25) is 9.69 Å². The second-order valence-electron chi connectivity index (χ2n) is 8.65. The molecule has 0 aliphatic carbocycles. The number of nitrogens with zero attached hydrogens (tertiary/aromatic N) is 5. The van der Waals surface area contributed by atoms with E-state index in [0.29, 0.717) is 12.1 Å². The average Bonchev–Trinajstić information content (AvgIpc) is 3.37. The summed E-state index contributed by atoms with van der Waals surface area (Å²) in [6, 6.07) is 22.8. The van der Waals surface area contributed by atoms with Gasteiger partial charge in [-0.1, -0.05) is 54.6 Å². The van der Waals surface area contributed by atoms with Crippen molar-refractivity contribution < 1.29 is 9.59 Å². The van der Waals surface area contributed by atoms with Crippen molar-refractivity contribution in [2.24, 2.45) is 0 Å². The highest BCUT2D eigenvalue weighted by Gasteiger charge is 2.54. The maximum Gasteiger partial charge on any atom is 0.328 e. The minimum absolute atomic E-state index is 0.124. The lowest BCUT2D eigenvalue weighted by Gasteiger charge is -2.30. The van der Waals surface area contributed by atoms with E-state index in [0.717, 1.165) is 27.6 Å². The topological polar surface area (TPSA) is 82.2 Å². The molecule has 34 heavy (non-hydrogen) atoms. The Labute approximate surface area is 197 Å². The van der Waals surface area contributed by atoms with Crippen molar-refractivity contribution >= 4 is 22.7 Å². The van der Waals surface area contributed by atoms with E-state index in [9.17, 15) is 9.59 Å². The summed E-state index contributed by atoms with van der Waals surface area (Å²) in [4.78, 5) is 34.1. The van der Waals surface area contributed by atoms with Crippen LogP contribution in [0.4, 0.5) is 4.79 Å². The van der Waals surface area contributed by atoms with Crippen LogP contribution in [0.3, 0.4) is 0 Å². The minimum atomic E-state index is -1.12. The highest BCUT2D eigenvalue weighted by atomic mass is 16.2. The standard InChI is InChI=1S/C27H23N5O2/c1-27(24-9-5-7-21-6-3-4-8-23(21)24)25(33)32(26(34)30(27)2)17-22-15-29-18-31(22)16-20-12-10-19(14-28)11-13-20/h3-13,15,18H,16-17H2,1-2H3. The molecule has 1 aliphatic rings. The number of urea groups is 1. The van der Waals surface area contributed by atoms with Crippen molar-refractivity contribution in [3.63, 3.8) is 0 Å². The average molecular weight is 450 g/mol. The number of nitriles is 1. The number of benzene rings is 3. The monoisotopic (exact) mass is 449 g/mol. The molecule has 7 heteroatoms. The zero-order chi connectivity index (χ0) is 23.9. The fraction of sp³-hybridized carbons (Fsp3) is 0.185. The van der Waals surface area contributed by atoms with Gasteiger partial charge in [0.05, 0.1) is 30.2 Å². The third kappa shape index (κ3) is 3.32. The predicted molar refractivity (Wildman–Crippen MR) is 127 cm³/mol. The first-order valence-corrected chi connectivity index (χ1v) is 11.0. The summed E-state index contributed by atoms with van der Waals surface area (Å²) in [7, 11) is 1.68. The molecule has 3 amide bonds. The number of carbonyl (C=O) groups is 2. The molecule has 168 valence electrons. The summed E-state index contributed by atoms with van der Waals surface area (Å²) in [6.45, 7) is 2.45. The number of aromatic nitrogens is 2. The fourth-order valence-corrected chi connectivity index (χ4v) is 4.62. The number of imide groups is 1. The number of carbonyl (C=O) groups excluding carboxylic acids is 2. The minimum Gasteiger partial charge on any atom is -0.328 e. The predicted octanol–water partition coefficient (Wildman–Crippen LogP) is 4.27. The number of amides is 3. The molecule has 0 bridgehead atoms. The summed E-state index contributed by atoms with van der Waals surface area (Å²) < 4.78 is 1.91. The van der Waals surface area contributed by atoms with Gasteiger partial charge in [0.15, 0.2) is 0 Å². The Morgan fingerprint density at radius 2 is 1.71 bits per heavy atom. The number of likely N-dealkylation sites (N-methyl/N-ethyl adjacent to an activating group) is 1. The second-order valence-corrected chi connectivity index (χ2v) is 8.65. The zero-order valence-corrected chi connectivity index (χ0v) is 19.0. The van der Waals surface area contributed by atoms with Gasteiger partial charge in [-0.05, 0) is 41.0 Å². The Hall–Kier alpha value is -4.44. The van der Waals surface area contributed by atoms with Crippen LogP contribution in [0.15, 0.2) is 79.3 Å². The van der Waals surface area contributed by atoms with Crippen molar-refractivity contribution in [3.8, 4) is 6.07 Å². The van der Waals surface area contributed by atoms with E-state index >= 15 is 0 Å². The smallest absolute Gasteiger partial charge is 0.328 e. The number of hydrogen-bond donors (Lipinski definition) is 0. The number of imidazole rings is 1. The first kappa shape index (κ1) is 21.4. The molecule has 1 aromatic heterocycles. The highest BCUT2D eigenvalue weighted by Crippen LogP contribution is 2.39. The third-order valence-electron chi connectivity index (χ3n) is 6.72. The number of rotatable bonds is 5. The van der Waals surface area contributed by atoms with Crippen LogP contribution in [-0.2, 0) is 23.4 Å². The first-order chi connectivity index (χ1) is 16.4. The molecule has 1 fully saturated rings. The van der Waals surface area contributed by atoms with E-state index < -0.39 is 5.54 Å². The molecule has 2 heterocycles. The van der Waals surface area contributed by atoms with Gasteiger partial charge in [-0.25, -0.2) is 9.78 Å². The van der Waals surface area contributed by atoms with Gasteiger partial charge in [0, 0.05) is 19.8 Å². The van der Waals surface area contributed by atoms with Crippen molar-refractivity contribution in [3.05, 3.63) is 102 Å². The molecule has 4 aromatic rings. The summed E-state index contributed by atoms with van der Waals surface area (Å²) in [5.74, 6) is -0.262. The number of hydrogen-bond acceptors (Lipinski definition) is 4. The lowest BCUT2D eigenvalue weighted by atomic mass is 9.87. The van der Waals surface area contributed by atoms with E-state index in [1.54, 1.807) is 31.7 Å². The lowest BCUT2D eigenvalue weighted by molar-refractivity contribution is -0.133. The normalized spacial score (nSPS) is 18.0. The molecule has 0 saturated carbocycles. The largest absolute Gasteiger partial charge is 0.328 e. The molecule has 1 saturated heterocycles. The van der Waals surface area contributed by atoms with Crippen LogP contribution in [0.2, 0.25) is 0 Å². The Morgan fingerprint density at radius 3 is 2.47 bits per heavy atom. The second kappa shape index (κ2) is 8.16. The Morgan fingerprint density at radius 1 is 0.971 bits per heavy atom. The van der Waals surface area contributed by atoms with Crippen LogP contribution in [0, 0.1) is 11.3 Å². The molecule has 3 aromatic carbocycles. The van der Waals surface area contributed by atoms with Gasteiger partial charge in [0.2, 0.25) is 0 Å². The Bertz CT molecular complexity index is 1440. The molecule has 0 N–H and O–H groups in total. The molecule has 7 nitrogen and oxygen atoms in total. The fourth-order valence-electron chi connectivity index (χ4n) is 4.62. The van der Waals surface area contributed by atoms with E-state index in [-0.39, 0.29) is 18.5 Å². The molecule has 0 radical (unpaired) electrons. The van der Waals surface area contributed by atoms with Crippen LogP contribution < -0.4 is 0 Å². The maximum absolute atomic E-state index is 13.8. The van der Waals surface area contributed by atoms with Gasteiger partial charge >= 0.3 is 6.03 Å². The zero-order valence-electron chi connectivity index (χ0n) is 19.0. The number of fused-ring (bicyclic) bond motifs is 1. The van der Waals surface area contributed by atoms with Gasteiger partial charge in [-0.15, -0.1) is 0 Å². The molecule has 0 spiro atoms. The summed E-state index contributed by atoms with van der Waals surface area (Å²) in [5, 5.41) is 11.0. The Balaban J connectivity index is 1.45. The van der Waals surface area contributed by atoms with Crippen LogP contribution >= 0.6 is 0 Å². The molecule has 1 atom stereocenters. The van der Waals surface area contributed by atoms with Crippen molar-refractivity contribution in [2.45, 2.75) is 25.6 Å². The molecule has 1 aliphatic heterocycles. The quantitative estimate of drug-likeness (QED) is 0.426. The molecular weight excluding hydrogens is 426 g/mol. The first-order valence-electron chi connectivity index (χ1n) is 11.0. The van der Waals surface area contributed by atoms with Gasteiger partial charge in [0.25, 0.3) is 5.91 Å². The Kier molecular flexibility index (Phi) is 5.14. The van der Waals surface area contributed by atoms with Crippen molar-refractivity contribution in [1.29, 1.82) is 5.26 Å². The maximum atomic E-state index is 13.8. The van der Waals surface area contributed by atoms with Crippen LogP contribution in [-0.4, -0.2) is 38.3 Å². The summed E-state index contributed by atoms with van der Waals surface area (Å²) in [5.41, 5.74) is 2.03. The van der Waals surface area contributed by atoms with Crippen LogP contribution in [0.5, 0.6) is 0 Å². The van der Waals surface area contributed by atoms with E-state index in [2.05, 4.69) is 11.1 Å². The van der Waals surface area contributed by atoms with E-state index in [1.807, 2.05) is 66.1 Å². The molecule has 5 rings (SSSR count). The van der Waals surface area contributed by atoms with E-state index in [4.69, 9.17) is 5.26 Å². The lowest BCUT2D eigenvalue weighted by Crippen LogP contribution is -2.42. The SMILES string of the molecule is CN1C(=O)N(Cc2cncn2Cc2ccc(C#N)cc2)C(=O)C1(C)c1cccc2ccccc12. The summed E-state index contributed by atoms with van der Waals surface area (Å²) >= 11 is 0. The van der Waals surface area contributed by atoms with Gasteiger partial charge < -0.3 is 9.47 Å². The molecular formula is C27H23N5O2. The van der Waals surface area contributed by atoms with Crippen LogP contribution in [0.25, 0.3) is 10.8 Å². The molecule has 1 unspecified atom stereocenters. The van der Waals surface area contributed by atoms with Gasteiger partial charge in [-0.2, -0.15) is 5.26 Å². The van der Waals surface area contributed by atoms with Crippen molar-refractivity contribution in [2.75, 3.05) is 7.05 Å². The van der Waals surface area contributed by atoms with Crippen LogP contribution in [0.1, 0.15) is 29.3 Å². The van der Waals surface area contributed by atoms with Crippen molar-refractivity contribution in [1.82, 2.24) is 19.4 Å².